The lowest BCUT2D eigenvalue weighted by atomic mass is 9.95. The molecule has 0 N–H and O–H groups in total. The highest BCUT2D eigenvalue weighted by Crippen LogP contribution is 2.29. The van der Waals surface area contributed by atoms with E-state index in [0.29, 0.717) is 5.92 Å². The number of aromatic nitrogens is 1. The minimum absolute atomic E-state index is 0.103. The van der Waals surface area contributed by atoms with Crippen molar-refractivity contribution >= 4 is 22.5 Å². The average Bonchev–Trinajstić information content (AvgIpc) is 2.85. The summed E-state index contributed by atoms with van der Waals surface area (Å²) in [5.74, 6) is 0.440. The number of pyridine rings is 1. The van der Waals surface area contributed by atoms with Crippen molar-refractivity contribution in [3.8, 4) is 0 Å². The van der Waals surface area contributed by atoms with Crippen molar-refractivity contribution in [3.63, 3.8) is 0 Å². The summed E-state index contributed by atoms with van der Waals surface area (Å²) in [4.78, 5) is 4.69. The monoisotopic (exact) mass is 275 g/mol. The number of hydrogen-bond acceptors (Lipinski definition) is 2. The van der Waals surface area contributed by atoms with Gasteiger partial charge in [-0.05, 0) is 25.5 Å². The number of ether oxygens (including phenoxy) is 1. The van der Waals surface area contributed by atoms with Crippen LogP contribution in [-0.2, 0) is 11.2 Å². The van der Waals surface area contributed by atoms with Crippen LogP contribution >= 0.6 is 11.6 Å². The van der Waals surface area contributed by atoms with Gasteiger partial charge in [-0.1, -0.05) is 24.3 Å². The van der Waals surface area contributed by atoms with E-state index in [2.05, 4.69) is 30.1 Å². The van der Waals surface area contributed by atoms with Gasteiger partial charge < -0.3 is 4.74 Å². The fraction of sp³-hybridized carbons (Fsp3) is 0.438. The molecule has 1 saturated heterocycles. The minimum Gasteiger partial charge on any atom is -0.378 e. The Bertz CT molecular complexity index is 571. The highest BCUT2D eigenvalue weighted by atomic mass is 35.5. The molecule has 100 valence electrons. The maximum absolute atomic E-state index is 6.55. The molecule has 3 rings (SSSR count). The molecule has 1 aliphatic rings. The molecule has 0 aliphatic carbocycles. The summed E-state index contributed by atoms with van der Waals surface area (Å²) in [6.07, 6.45) is 2.14. The number of alkyl halides is 1. The number of nitrogens with zero attached hydrogens (tertiary/aromatic N) is 1. The number of fused-ring (bicyclic) bond motifs is 1. The predicted octanol–water partition coefficient (Wildman–Crippen LogP) is 3.81. The van der Waals surface area contributed by atoms with Crippen LogP contribution < -0.4 is 0 Å². The van der Waals surface area contributed by atoms with Gasteiger partial charge in [-0.2, -0.15) is 0 Å². The predicted molar refractivity (Wildman–Crippen MR) is 78.6 cm³/mol. The van der Waals surface area contributed by atoms with Gasteiger partial charge in [0.2, 0.25) is 0 Å². The Kier molecular flexibility index (Phi) is 3.72. The Morgan fingerprint density at radius 1 is 1.32 bits per heavy atom. The molecule has 1 fully saturated rings. The molecule has 1 aliphatic heterocycles. The lowest BCUT2D eigenvalue weighted by Gasteiger charge is -2.19. The summed E-state index contributed by atoms with van der Waals surface area (Å²) in [6, 6.07) is 12.4. The van der Waals surface area contributed by atoms with Gasteiger partial charge in [-0.15, -0.1) is 11.6 Å². The van der Waals surface area contributed by atoms with E-state index in [1.54, 1.807) is 0 Å². The Morgan fingerprint density at radius 3 is 2.95 bits per heavy atom. The number of halogens is 1. The van der Waals surface area contributed by atoms with Gasteiger partial charge in [-0.3, -0.25) is 4.98 Å². The van der Waals surface area contributed by atoms with Gasteiger partial charge in [0.1, 0.15) is 0 Å². The van der Waals surface area contributed by atoms with E-state index in [1.807, 2.05) is 18.2 Å². The molecule has 2 aromatic rings. The SMILES string of the molecule is CC1OCCC1C(Cl)Cc1ccc2ccccc2n1. The van der Waals surface area contributed by atoms with Crippen LogP contribution in [0.15, 0.2) is 36.4 Å². The Balaban J connectivity index is 1.77. The van der Waals surface area contributed by atoms with Gasteiger partial charge in [-0.25, -0.2) is 0 Å². The van der Waals surface area contributed by atoms with Gasteiger partial charge in [0, 0.05) is 35.4 Å². The topological polar surface area (TPSA) is 22.1 Å². The van der Waals surface area contributed by atoms with Gasteiger partial charge >= 0.3 is 0 Å². The molecule has 0 spiro atoms. The third-order valence-corrected chi connectivity index (χ3v) is 4.44. The zero-order valence-electron chi connectivity index (χ0n) is 11.1. The average molecular weight is 276 g/mol. The van der Waals surface area contributed by atoms with Crippen LogP contribution in [0.3, 0.4) is 0 Å². The number of para-hydroxylation sites is 1. The Labute approximate surface area is 118 Å². The first-order valence-corrected chi connectivity index (χ1v) is 7.28. The van der Waals surface area contributed by atoms with E-state index in [4.69, 9.17) is 16.3 Å². The largest absolute Gasteiger partial charge is 0.378 e. The van der Waals surface area contributed by atoms with Gasteiger partial charge in [0.25, 0.3) is 0 Å². The fourth-order valence-electron chi connectivity index (χ4n) is 2.80. The maximum atomic E-state index is 6.55. The molecule has 0 radical (unpaired) electrons. The highest BCUT2D eigenvalue weighted by Gasteiger charge is 2.30. The maximum Gasteiger partial charge on any atom is 0.0705 e. The summed E-state index contributed by atoms with van der Waals surface area (Å²) in [5.41, 5.74) is 2.11. The first kappa shape index (κ1) is 12.9. The van der Waals surface area contributed by atoms with Crippen molar-refractivity contribution in [2.45, 2.75) is 31.2 Å². The normalized spacial score (nSPS) is 24.7. The molecule has 3 atom stereocenters. The van der Waals surface area contributed by atoms with E-state index >= 15 is 0 Å². The lowest BCUT2D eigenvalue weighted by Crippen LogP contribution is -2.24. The highest BCUT2D eigenvalue weighted by molar-refractivity contribution is 6.21. The molecule has 0 amide bonds. The van der Waals surface area contributed by atoms with Crippen molar-refractivity contribution in [3.05, 3.63) is 42.1 Å². The van der Waals surface area contributed by atoms with Crippen LogP contribution in [0.2, 0.25) is 0 Å². The molecular formula is C16H18ClNO. The first-order valence-electron chi connectivity index (χ1n) is 6.84. The van der Waals surface area contributed by atoms with E-state index in [-0.39, 0.29) is 11.5 Å². The molecule has 2 heterocycles. The quantitative estimate of drug-likeness (QED) is 0.795. The summed E-state index contributed by atoms with van der Waals surface area (Å²) in [5, 5.41) is 1.28. The molecule has 0 bridgehead atoms. The van der Waals surface area contributed by atoms with Crippen molar-refractivity contribution < 1.29 is 4.74 Å². The molecule has 2 nitrogen and oxygen atoms in total. The second-order valence-electron chi connectivity index (χ2n) is 5.24. The first-order chi connectivity index (χ1) is 9.24. The van der Waals surface area contributed by atoms with Crippen molar-refractivity contribution in [2.24, 2.45) is 5.92 Å². The van der Waals surface area contributed by atoms with Gasteiger partial charge in [0.05, 0.1) is 11.6 Å². The van der Waals surface area contributed by atoms with Crippen molar-refractivity contribution in [1.82, 2.24) is 4.98 Å². The van der Waals surface area contributed by atoms with Crippen molar-refractivity contribution in [1.29, 1.82) is 0 Å². The van der Waals surface area contributed by atoms with E-state index in [0.717, 1.165) is 30.7 Å². The zero-order chi connectivity index (χ0) is 13.2. The van der Waals surface area contributed by atoms with Crippen molar-refractivity contribution in [2.75, 3.05) is 6.61 Å². The summed E-state index contributed by atoms with van der Waals surface area (Å²) < 4.78 is 5.59. The zero-order valence-corrected chi connectivity index (χ0v) is 11.8. The van der Waals surface area contributed by atoms with Crippen LogP contribution in [0.25, 0.3) is 10.9 Å². The molecule has 0 saturated carbocycles. The lowest BCUT2D eigenvalue weighted by molar-refractivity contribution is 0.105. The standard InChI is InChI=1S/C16H18ClNO/c1-11-14(8-9-19-11)15(17)10-13-7-6-12-4-2-3-5-16(12)18-13/h2-7,11,14-15H,8-10H2,1H3. The van der Waals surface area contributed by atoms with Crippen LogP contribution in [0, 0.1) is 5.92 Å². The van der Waals surface area contributed by atoms with Crippen LogP contribution in [0.4, 0.5) is 0 Å². The summed E-state index contributed by atoms with van der Waals surface area (Å²) in [7, 11) is 0. The number of rotatable bonds is 3. The molecule has 1 aromatic carbocycles. The minimum atomic E-state index is 0.103. The van der Waals surface area contributed by atoms with E-state index in [9.17, 15) is 0 Å². The second-order valence-corrected chi connectivity index (χ2v) is 5.80. The molecule has 1 aromatic heterocycles. The molecule has 19 heavy (non-hydrogen) atoms. The molecule has 3 heteroatoms. The van der Waals surface area contributed by atoms with E-state index < -0.39 is 0 Å². The number of benzene rings is 1. The summed E-state index contributed by atoms with van der Waals surface area (Å²) in [6.45, 7) is 2.95. The Morgan fingerprint density at radius 2 is 2.16 bits per heavy atom. The van der Waals surface area contributed by atoms with Gasteiger partial charge in [0.15, 0.2) is 0 Å². The smallest absolute Gasteiger partial charge is 0.0705 e. The Hall–Kier alpha value is -1.12. The third kappa shape index (κ3) is 2.75. The summed E-state index contributed by atoms with van der Waals surface area (Å²) >= 11 is 6.55. The van der Waals surface area contributed by atoms with Crippen LogP contribution in [0.1, 0.15) is 19.0 Å². The van der Waals surface area contributed by atoms with E-state index in [1.165, 1.54) is 5.39 Å². The fourth-order valence-corrected chi connectivity index (χ4v) is 3.29. The molecular weight excluding hydrogens is 258 g/mol. The number of hydrogen-bond donors (Lipinski definition) is 0. The van der Waals surface area contributed by atoms with Crippen LogP contribution in [-0.4, -0.2) is 23.1 Å². The molecule has 3 unspecified atom stereocenters. The second kappa shape index (κ2) is 5.48. The van der Waals surface area contributed by atoms with Crippen LogP contribution in [0.5, 0.6) is 0 Å². The third-order valence-electron chi connectivity index (χ3n) is 3.96.